The number of carbonyl (C=O) groups is 1. The summed E-state index contributed by atoms with van der Waals surface area (Å²) in [4.78, 5) is 17.3. The van der Waals surface area contributed by atoms with Crippen molar-refractivity contribution in [2.45, 2.75) is 31.6 Å². The molecule has 0 unspecified atom stereocenters. The molecule has 1 aromatic heterocycles. The molecule has 1 fully saturated rings. The molecule has 6 nitrogen and oxygen atoms in total. The second-order valence-corrected chi connectivity index (χ2v) is 9.41. The Morgan fingerprint density at radius 2 is 1.88 bits per heavy atom. The van der Waals surface area contributed by atoms with E-state index in [9.17, 15) is 9.18 Å². The number of hydrogen-bond acceptors (Lipinski definition) is 5. The standard InChI is InChI=1S/C26H30FN5OS/c1-3-13-32-25(22-7-4-5-8-23(22)27)28-29-26(32)34-19-24(33)31-15-6-14-30(16-17-31)18-21-11-9-20(2)10-12-21/h3-5,7-12H,1,6,13-19H2,2H3. The third kappa shape index (κ3) is 5.93. The van der Waals surface area contributed by atoms with Gasteiger partial charge in [-0.15, -0.1) is 16.8 Å². The van der Waals surface area contributed by atoms with Crippen LogP contribution in [0.2, 0.25) is 0 Å². The van der Waals surface area contributed by atoms with Crippen LogP contribution < -0.4 is 0 Å². The minimum Gasteiger partial charge on any atom is -0.341 e. The fraction of sp³-hybridized carbons (Fsp3) is 0.346. The van der Waals surface area contributed by atoms with Crippen LogP contribution in [0.3, 0.4) is 0 Å². The molecule has 34 heavy (non-hydrogen) atoms. The summed E-state index contributed by atoms with van der Waals surface area (Å²) in [6.45, 7) is 10.5. The van der Waals surface area contributed by atoms with Gasteiger partial charge in [-0.25, -0.2) is 4.39 Å². The maximum atomic E-state index is 14.3. The van der Waals surface area contributed by atoms with Crippen LogP contribution in [0.15, 0.2) is 66.3 Å². The number of allylic oxidation sites excluding steroid dienone is 1. The van der Waals surface area contributed by atoms with E-state index in [4.69, 9.17) is 0 Å². The number of nitrogens with zero attached hydrogens (tertiary/aromatic N) is 5. The Balaban J connectivity index is 1.36. The molecule has 0 spiro atoms. The van der Waals surface area contributed by atoms with E-state index < -0.39 is 0 Å². The molecule has 3 aromatic rings. The molecule has 0 aliphatic carbocycles. The van der Waals surface area contributed by atoms with E-state index in [1.54, 1.807) is 28.8 Å². The maximum Gasteiger partial charge on any atom is 0.233 e. The first-order chi connectivity index (χ1) is 16.5. The van der Waals surface area contributed by atoms with Gasteiger partial charge in [-0.3, -0.25) is 14.3 Å². The van der Waals surface area contributed by atoms with Crippen LogP contribution in [-0.4, -0.2) is 62.4 Å². The van der Waals surface area contributed by atoms with Crippen LogP contribution in [-0.2, 0) is 17.9 Å². The summed E-state index contributed by atoms with van der Waals surface area (Å²) in [6.07, 6.45) is 2.67. The highest BCUT2D eigenvalue weighted by atomic mass is 32.2. The predicted molar refractivity (Wildman–Crippen MR) is 134 cm³/mol. The van der Waals surface area contributed by atoms with Gasteiger partial charge in [0.25, 0.3) is 0 Å². The SMILES string of the molecule is C=CCn1c(SCC(=O)N2CCCN(Cc3ccc(C)cc3)CC2)nnc1-c1ccccc1F. The summed E-state index contributed by atoms with van der Waals surface area (Å²) < 4.78 is 16.1. The highest BCUT2D eigenvalue weighted by Crippen LogP contribution is 2.26. The molecule has 178 valence electrons. The summed E-state index contributed by atoms with van der Waals surface area (Å²) in [5.74, 6) is 0.440. The number of aryl methyl sites for hydroxylation is 1. The first-order valence-electron chi connectivity index (χ1n) is 11.5. The van der Waals surface area contributed by atoms with Crippen LogP contribution in [0.25, 0.3) is 11.4 Å². The van der Waals surface area contributed by atoms with Gasteiger partial charge >= 0.3 is 0 Å². The second kappa shape index (κ2) is 11.4. The molecule has 8 heteroatoms. The minimum atomic E-state index is -0.354. The van der Waals surface area contributed by atoms with Crippen LogP contribution in [0.5, 0.6) is 0 Å². The fourth-order valence-electron chi connectivity index (χ4n) is 4.08. The topological polar surface area (TPSA) is 54.3 Å². The smallest absolute Gasteiger partial charge is 0.233 e. The van der Waals surface area contributed by atoms with Crippen molar-refractivity contribution in [1.82, 2.24) is 24.6 Å². The first kappa shape index (κ1) is 24.2. The summed E-state index contributed by atoms with van der Waals surface area (Å²) in [6, 6.07) is 15.1. The van der Waals surface area contributed by atoms with E-state index >= 15 is 0 Å². The number of rotatable bonds is 8. The van der Waals surface area contributed by atoms with Crippen molar-refractivity contribution >= 4 is 17.7 Å². The lowest BCUT2D eigenvalue weighted by Gasteiger charge is -2.22. The molecule has 1 aliphatic rings. The molecule has 0 atom stereocenters. The van der Waals surface area contributed by atoms with Gasteiger partial charge < -0.3 is 4.90 Å². The number of thioether (sulfide) groups is 1. The highest BCUT2D eigenvalue weighted by molar-refractivity contribution is 7.99. The number of hydrogen-bond donors (Lipinski definition) is 0. The molecule has 0 N–H and O–H groups in total. The first-order valence-corrected chi connectivity index (χ1v) is 12.5. The zero-order valence-electron chi connectivity index (χ0n) is 19.5. The van der Waals surface area contributed by atoms with Gasteiger partial charge in [0.1, 0.15) is 5.82 Å². The lowest BCUT2D eigenvalue weighted by atomic mass is 10.1. The normalized spacial score (nSPS) is 14.7. The van der Waals surface area contributed by atoms with E-state index in [1.807, 2.05) is 4.90 Å². The van der Waals surface area contributed by atoms with E-state index in [2.05, 4.69) is 52.9 Å². The molecule has 0 radical (unpaired) electrons. The zero-order chi connectivity index (χ0) is 23.9. The van der Waals surface area contributed by atoms with Crippen molar-refractivity contribution in [1.29, 1.82) is 0 Å². The largest absolute Gasteiger partial charge is 0.341 e. The number of halogens is 1. The summed E-state index contributed by atoms with van der Waals surface area (Å²) in [5, 5.41) is 9.02. The van der Waals surface area contributed by atoms with Crippen LogP contribution >= 0.6 is 11.8 Å². The van der Waals surface area contributed by atoms with E-state index in [1.165, 1.54) is 29.0 Å². The quantitative estimate of drug-likeness (QED) is 0.354. The highest BCUT2D eigenvalue weighted by Gasteiger charge is 2.22. The number of amides is 1. The minimum absolute atomic E-state index is 0.0859. The Morgan fingerprint density at radius 1 is 1.09 bits per heavy atom. The summed E-state index contributed by atoms with van der Waals surface area (Å²) in [5.41, 5.74) is 2.95. The maximum absolute atomic E-state index is 14.3. The Bertz CT molecular complexity index is 1130. The molecular weight excluding hydrogens is 449 g/mol. The molecule has 4 rings (SSSR count). The van der Waals surface area contributed by atoms with E-state index in [0.29, 0.717) is 29.6 Å². The average molecular weight is 480 g/mol. The Labute approximate surface area is 204 Å². The van der Waals surface area contributed by atoms with Gasteiger partial charge in [-0.1, -0.05) is 59.8 Å². The Kier molecular flexibility index (Phi) is 8.13. The van der Waals surface area contributed by atoms with E-state index in [-0.39, 0.29) is 17.5 Å². The number of carbonyl (C=O) groups excluding carboxylic acids is 1. The Morgan fingerprint density at radius 3 is 2.65 bits per heavy atom. The molecule has 0 bridgehead atoms. The molecule has 1 amide bonds. The van der Waals surface area contributed by atoms with Crippen molar-refractivity contribution in [3.63, 3.8) is 0 Å². The molecule has 2 heterocycles. The van der Waals surface area contributed by atoms with Crippen LogP contribution in [0, 0.1) is 12.7 Å². The van der Waals surface area contributed by atoms with Crippen LogP contribution in [0.1, 0.15) is 17.5 Å². The van der Waals surface area contributed by atoms with Gasteiger partial charge in [-0.05, 0) is 31.0 Å². The monoisotopic (exact) mass is 479 g/mol. The average Bonchev–Trinajstić information content (AvgIpc) is 3.07. The molecule has 1 saturated heterocycles. The van der Waals surface area contributed by atoms with Gasteiger partial charge in [0.05, 0.1) is 11.3 Å². The van der Waals surface area contributed by atoms with Gasteiger partial charge in [-0.2, -0.15) is 0 Å². The number of benzene rings is 2. The Hall–Kier alpha value is -2.97. The van der Waals surface area contributed by atoms with Gasteiger partial charge in [0.15, 0.2) is 11.0 Å². The van der Waals surface area contributed by atoms with Crippen molar-refractivity contribution in [3.8, 4) is 11.4 Å². The summed E-state index contributed by atoms with van der Waals surface area (Å²) in [7, 11) is 0. The summed E-state index contributed by atoms with van der Waals surface area (Å²) >= 11 is 1.34. The van der Waals surface area contributed by atoms with Crippen molar-refractivity contribution in [2.75, 3.05) is 31.9 Å². The number of aromatic nitrogens is 3. The molecule has 0 saturated carbocycles. The molecular formula is C26H30FN5OS. The van der Waals surface area contributed by atoms with Crippen molar-refractivity contribution in [3.05, 3.63) is 78.1 Å². The van der Waals surface area contributed by atoms with Crippen molar-refractivity contribution < 1.29 is 9.18 Å². The second-order valence-electron chi connectivity index (χ2n) is 8.47. The molecule has 1 aliphatic heterocycles. The third-order valence-electron chi connectivity index (χ3n) is 5.94. The lowest BCUT2D eigenvalue weighted by molar-refractivity contribution is -0.128. The molecule has 2 aromatic carbocycles. The lowest BCUT2D eigenvalue weighted by Crippen LogP contribution is -2.36. The van der Waals surface area contributed by atoms with Crippen molar-refractivity contribution in [2.24, 2.45) is 0 Å². The van der Waals surface area contributed by atoms with Crippen LogP contribution in [0.4, 0.5) is 4.39 Å². The zero-order valence-corrected chi connectivity index (χ0v) is 20.3. The van der Waals surface area contributed by atoms with E-state index in [0.717, 1.165) is 32.6 Å². The predicted octanol–water partition coefficient (Wildman–Crippen LogP) is 4.41. The van der Waals surface area contributed by atoms with Gasteiger partial charge in [0.2, 0.25) is 5.91 Å². The van der Waals surface area contributed by atoms with Gasteiger partial charge in [0, 0.05) is 39.3 Å². The fourth-order valence-corrected chi connectivity index (χ4v) is 4.93. The third-order valence-corrected chi connectivity index (χ3v) is 6.89.